The number of nitro groups is 1. The number of halogens is 1. The van der Waals surface area contributed by atoms with Crippen LogP contribution in [0.3, 0.4) is 0 Å². The smallest absolute Gasteiger partial charge is 0.356 e. The molecule has 19 heavy (non-hydrogen) atoms. The number of carbonyl (C=O) groups is 1. The molecule has 2 N–H and O–H groups in total. The number of Topliss-reactive ketones (excluding diaryl/α,β-unsaturated/α-hetero) is 1. The first-order valence-electron chi connectivity index (χ1n) is 5.76. The maximum atomic E-state index is 12.2. The van der Waals surface area contributed by atoms with Crippen molar-refractivity contribution in [1.82, 2.24) is 10.6 Å². The van der Waals surface area contributed by atoms with Crippen LogP contribution in [0.15, 0.2) is 40.3 Å². The van der Waals surface area contributed by atoms with E-state index in [1.54, 1.807) is 24.3 Å². The average Bonchev–Trinajstić information content (AvgIpc) is 2.40. The molecule has 0 amide bonds. The first kappa shape index (κ1) is 13.5. The van der Waals surface area contributed by atoms with Crippen LogP contribution < -0.4 is 10.6 Å². The quantitative estimate of drug-likeness (QED) is 0.382. The molecule has 1 heterocycles. The van der Waals surface area contributed by atoms with Gasteiger partial charge in [-0.15, -0.1) is 0 Å². The summed E-state index contributed by atoms with van der Waals surface area (Å²) in [6.07, 6.45) is 0.862. The number of rotatable bonds is 3. The van der Waals surface area contributed by atoms with Gasteiger partial charge in [0, 0.05) is 23.1 Å². The van der Waals surface area contributed by atoms with Crippen LogP contribution in [-0.4, -0.2) is 23.8 Å². The number of ketones is 1. The molecule has 1 aliphatic heterocycles. The molecule has 7 heteroatoms. The lowest BCUT2D eigenvalue weighted by Gasteiger charge is -2.18. The highest BCUT2D eigenvalue weighted by atomic mass is 79.9. The van der Waals surface area contributed by atoms with Crippen LogP contribution in [0.25, 0.3) is 0 Å². The topological polar surface area (TPSA) is 84.3 Å². The Morgan fingerprint density at radius 2 is 1.79 bits per heavy atom. The van der Waals surface area contributed by atoms with Crippen LogP contribution in [0.2, 0.25) is 0 Å². The Morgan fingerprint density at radius 1 is 1.21 bits per heavy atom. The van der Waals surface area contributed by atoms with Crippen molar-refractivity contribution in [3.05, 3.63) is 55.9 Å². The summed E-state index contributed by atoms with van der Waals surface area (Å²) in [6, 6.07) is 6.47. The zero-order valence-corrected chi connectivity index (χ0v) is 11.6. The van der Waals surface area contributed by atoms with Gasteiger partial charge in [-0.25, -0.2) is 0 Å². The van der Waals surface area contributed by atoms with Crippen LogP contribution in [-0.2, 0) is 0 Å². The van der Waals surface area contributed by atoms with E-state index >= 15 is 0 Å². The van der Waals surface area contributed by atoms with E-state index in [2.05, 4.69) is 26.6 Å². The third kappa shape index (κ3) is 3.11. The fourth-order valence-corrected chi connectivity index (χ4v) is 2.04. The van der Waals surface area contributed by atoms with E-state index in [1.807, 2.05) is 0 Å². The zero-order valence-electron chi connectivity index (χ0n) is 9.98. The van der Waals surface area contributed by atoms with Crippen molar-refractivity contribution in [1.29, 1.82) is 0 Å². The summed E-state index contributed by atoms with van der Waals surface area (Å²) < 4.78 is 0.813. The molecule has 1 saturated heterocycles. The number of nitrogens with zero attached hydrogens (tertiary/aromatic N) is 1. The molecule has 1 aromatic rings. The van der Waals surface area contributed by atoms with E-state index in [0.717, 1.165) is 10.9 Å². The normalized spacial score (nSPS) is 14.3. The van der Waals surface area contributed by atoms with Gasteiger partial charge in [-0.05, 0) is 30.7 Å². The number of nitrogens with one attached hydrogen (secondary N) is 2. The Bertz CT molecular complexity index is 532. The van der Waals surface area contributed by atoms with E-state index in [9.17, 15) is 14.9 Å². The Balaban J connectivity index is 2.36. The van der Waals surface area contributed by atoms with Gasteiger partial charge in [-0.2, -0.15) is 0 Å². The van der Waals surface area contributed by atoms with Crippen molar-refractivity contribution in [2.24, 2.45) is 0 Å². The summed E-state index contributed by atoms with van der Waals surface area (Å²) in [7, 11) is 0. The van der Waals surface area contributed by atoms with Crippen molar-refractivity contribution >= 4 is 21.7 Å². The van der Waals surface area contributed by atoms with Crippen LogP contribution in [0.4, 0.5) is 0 Å². The molecular weight excluding hydrogens is 314 g/mol. The molecule has 0 unspecified atom stereocenters. The van der Waals surface area contributed by atoms with Gasteiger partial charge in [0.1, 0.15) is 0 Å². The zero-order chi connectivity index (χ0) is 13.8. The highest BCUT2D eigenvalue weighted by Gasteiger charge is 2.29. The Hall–Kier alpha value is -1.89. The number of hydrogen-bond acceptors (Lipinski definition) is 5. The van der Waals surface area contributed by atoms with Crippen molar-refractivity contribution in [3.8, 4) is 0 Å². The molecule has 1 fully saturated rings. The molecule has 0 saturated carbocycles. The fourth-order valence-electron chi connectivity index (χ4n) is 1.77. The Kier molecular flexibility index (Phi) is 4.16. The lowest BCUT2D eigenvalue weighted by molar-refractivity contribution is -0.418. The van der Waals surface area contributed by atoms with Crippen LogP contribution in [0, 0.1) is 10.1 Å². The molecule has 0 bridgehead atoms. The van der Waals surface area contributed by atoms with Gasteiger partial charge in [0.15, 0.2) is 5.82 Å². The second kappa shape index (κ2) is 5.83. The molecule has 2 rings (SSSR count). The van der Waals surface area contributed by atoms with Gasteiger partial charge in [-0.1, -0.05) is 15.9 Å². The van der Waals surface area contributed by atoms with Crippen LogP contribution >= 0.6 is 15.9 Å². The molecule has 1 aliphatic rings. The molecular formula is C12H12BrN3O3. The number of hydrogen-bond donors (Lipinski definition) is 2. The standard InChI is InChI=1S/C12H12BrN3O3/c13-9-4-2-8(3-5-9)11(17)10(16(18)19)12-14-6-1-7-15-12/h2-5,14-15H,1,6-7H2. The fraction of sp³-hybridized carbons (Fsp3) is 0.250. The first-order valence-corrected chi connectivity index (χ1v) is 6.55. The predicted octanol–water partition coefficient (Wildman–Crippen LogP) is 1.66. The maximum absolute atomic E-state index is 12.2. The van der Waals surface area contributed by atoms with E-state index in [1.165, 1.54) is 0 Å². The summed E-state index contributed by atoms with van der Waals surface area (Å²) in [5, 5.41) is 16.8. The van der Waals surface area contributed by atoms with E-state index in [-0.39, 0.29) is 11.4 Å². The van der Waals surface area contributed by atoms with Gasteiger partial charge in [0.05, 0.1) is 4.92 Å². The van der Waals surface area contributed by atoms with Gasteiger partial charge in [0.25, 0.3) is 5.78 Å². The second-order valence-electron chi connectivity index (χ2n) is 4.02. The van der Waals surface area contributed by atoms with Crippen molar-refractivity contribution < 1.29 is 9.72 Å². The molecule has 0 aliphatic carbocycles. The first-order chi connectivity index (χ1) is 9.09. The van der Waals surface area contributed by atoms with Gasteiger partial charge in [0.2, 0.25) is 0 Å². The molecule has 6 nitrogen and oxygen atoms in total. The highest BCUT2D eigenvalue weighted by Crippen LogP contribution is 2.16. The summed E-state index contributed by atoms with van der Waals surface area (Å²) in [6.45, 7) is 1.24. The van der Waals surface area contributed by atoms with Crippen LogP contribution in [0.5, 0.6) is 0 Å². The summed E-state index contributed by atoms with van der Waals surface area (Å²) in [5.74, 6) is -0.404. The van der Waals surface area contributed by atoms with Gasteiger partial charge >= 0.3 is 5.70 Å². The predicted molar refractivity (Wildman–Crippen MR) is 73.1 cm³/mol. The third-order valence-corrected chi connectivity index (χ3v) is 3.23. The lowest BCUT2D eigenvalue weighted by atomic mass is 10.1. The molecule has 0 radical (unpaired) electrons. The number of benzene rings is 1. The molecule has 100 valence electrons. The molecule has 0 aromatic heterocycles. The highest BCUT2D eigenvalue weighted by molar-refractivity contribution is 9.10. The number of allylic oxidation sites excluding steroid dienone is 1. The summed E-state index contributed by atoms with van der Waals surface area (Å²) >= 11 is 3.26. The lowest BCUT2D eigenvalue weighted by Crippen LogP contribution is -2.38. The molecule has 0 atom stereocenters. The third-order valence-electron chi connectivity index (χ3n) is 2.70. The second-order valence-corrected chi connectivity index (χ2v) is 4.94. The average molecular weight is 326 g/mol. The van der Waals surface area contributed by atoms with Crippen molar-refractivity contribution in [3.63, 3.8) is 0 Å². The van der Waals surface area contributed by atoms with Crippen molar-refractivity contribution in [2.45, 2.75) is 6.42 Å². The summed E-state index contributed by atoms with van der Waals surface area (Å²) in [4.78, 5) is 22.7. The van der Waals surface area contributed by atoms with E-state index < -0.39 is 16.4 Å². The maximum Gasteiger partial charge on any atom is 0.356 e. The van der Waals surface area contributed by atoms with Crippen molar-refractivity contribution in [2.75, 3.05) is 13.1 Å². The minimum absolute atomic E-state index is 0.198. The molecule has 0 spiro atoms. The minimum Gasteiger partial charge on any atom is -0.366 e. The SMILES string of the molecule is O=C(C(=C1NCCCN1)[N+](=O)[O-])c1ccc(Br)cc1. The Morgan fingerprint density at radius 3 is 2.32 bits per heavy atom. The largest absolute Gasteiger partial charge is 0.366 e. The van der Waals surface area contributed by atoms with Gasteiger partial charge < -0.3 is 10.6 Å². The molecule has 1 aromatic carbocycles. The van der Waals surface area contributed by atoms with E-state index in [0.29, 0.717) is 13.1 Å². The van der Waals surface area contributed by atoms with Gasteiger partial charge in [-0.3, -0.25) is 14.9 Å². The van der Waals surface area contributed by atoms with Crippen LogP contribution in [0.1, 0.15) is 16.8 Å². The summed E-state index contributed by atoms with van der Waals surface area (Å²) in [5.41, 5.74) is -0.154. The monoisotopic (exact) mass is 325 g/mol. The Labute approximate surface area is 118 Å². The number of carbonyl (C=O) groups excluding carboxylic acids is 1. The van der Waals surface area contributed by atoms with E-state index in [4.69, 9.17) is 0 Å². The minimum atomic E-state index is -0.648.